The van der Waals surface area contributed by atoms with Gasteiger partial charge < -0.3 is 11.1 Å². The third kappa shape index (κ3) is 5.71. The molecule has 2 aromatic rings. The number of nitrogens with two attached hydrogens (primary N) is 1. The molecule has 132 valence electrons. The lowest BCUT2D eigenvalue weighted by Crippen LogP contribution is -2.41. The molecule has 0 aliphatic heterocycles. The van der Waals surface area contributed by atoms with E-state index >= 15 is 0 Å². The highest BCUT2D eigenvalue weighted by atomic mass is 16.1. The predicted molar refractivity (Wildman–Crippen MR) is 102 cm³/mol. The fourth-order valence-electron chi connectivity index (χ4n) is 3.42. The Bertz CT molecular complexity index is 694. The average molecular weight is 336 g/mol. The van der Waals surface area contributed by atoms with Crippen LogP contribution in [0.1, 0.15) is 36.0 Å². The molecule has 3 nitrogen and oxygen atoms in total. The van der Waals surface area contributed by atoms with E-state index in [2.05, 4.69) is 48.6 Å². The highest BCUT2D eigenvalue weighted by Gasteiger charge is 2.32. The van der Waals surface area contributed by atoms with E-state index in [4.69, 9.17) is 5.73 Å². The second-order valence-electron chi connectivity index (χ2n) is 7.36. The summed E-state index contributed by atoms with van der Waals surface area (Å²) in [5.74, 6) is 0.697. The van der Waals surface area contributed by atoms with Gasteiger partial charge in [0.1, 0.15) is 0 Å². The van der Waals surface area contributed by atoms with Gasteiger partial charge >= 0.3 is 0 Å². The van der Waals surface area contributed by atoms with E-state index in [1.807, 2.05) is 18.2 Å². The van der Waals surface area contributed by atoms with Crippen LogP contribution in [0.5, 0.6) is 0 Å². The lowest BCUT2D eigenvalue weighted by Gasteiger charge is -2.20. The number of aryl methyl sites for hydroxylation is 1. The molecule has 1 amide bonds. The second-order valence-corrected chi connectivity index (χ2v) is 7.36. The molecule has 3 rings (SSSR count). The minimum absolute atomic E-state index is 0.0768. The summed E-state index contributed by atoms with van der Waals surface area (Å²) in [6, 6.07) is 18.8. The standard InChI is InChI=1S/C22H28N2O/c1-16-6-5-9-18(12-16)14-21(19-10-11-19)24-22(25)15-20(23)13-17-7-3-2-4-8-17/h2-9,12,19-21H,10-11,13-15,23H2,1H3,(H,24,25). The summed E-state index contributed by atoms with van der Waals surface area (Å²) in [5, 5.41) is 3.24. The maximum atomic E-state index is 12.5. The maximum Gasteiger partial charge on any atom is 0.221 e. The number of rotatable bonds is 8. The molecule has 0 radical (unpaired) electrons. The van der Waals surface area contributed by atoms with Gasteiger partial charge in [0, 0.05) is 18.5 Å². The normalized spacial score (nSPS) is 16.2. The molecule has 2 atom stereocenters. The molecule has 0 saturated heterocycles. The largest absolute Gasteiger partial charge is 0.353 e. The van der Waals surface area contributed by atoms with E-state index in [0.29, 0.717) is 12.3 Å². The van der Waals surface area contributed by atoms with Crippen LogP contribution in [0.4, 0.5) is 0 Å². The number of carbonyl (C=O) groups excluding carboxylic acids is 1. The van der Waals surface area contributed by atoms with Crippen molar-refractivity contribution in [1.82, 2.24) is 5.32 Å². The topological polar surface area (TPSA) is 55.1 Å². The van der Waals surface area contributed by atoms with Crippen LogP contribution in [0, 0.1) is 12.8 Å². The van der Waals surface area contributed by atoms with Crippen LogP contribution in [-0.2, 0) is 17.6 Å². The monoisotopic (exact) mass is 336 g/mol. The molecule has 1 saturated carbocycles. The molecule has 2 aromatic carbocycles. The summed E-state index contributed by atoms with van der Waals surface area (Å²) < 4.78 is 0. The lowest BCUT2D eigenvalue weighted by molar-refractivity contribution is -0.122. The third-order valence-electron chi connectivity index (χ3n) is 4.86. The summed E-state index contributed by atoms with van der Waals surface area (Å²) in [4.78, 5) is 12.5. The minimum Gasteiger partial charge on any atom is -0.353 e. The van der Waals surface area contributed by atoms with Crippen molar-refractivity contribution < 1.29 is 4.79 Å². The van der Waals surface area contributed by atoms with Gasteiger partial charge in [0.05, 0.1) is 0 Å². The lowest BCUT2D eigenvalue weighted by atomic mass is 9.99. The molecule has 0 heterocycles. The molecule has 0 bridgehead atoms. The maximum absolute atomic E-state index is 12.5. The van der Waals surface area contributed by atoms with Crippen LogP contribution < -0.4 is 11.1 Å². The fraction of sp³-hybridized carbons (Fsp3) is 0.409. The molecular weight excluding hydrogens is 308 g/mol. The van der Waals surface area contributed by atoms with Gasteiger partial charge in [-0.2, -0.15) is 0 Å². The smallest absolute Gasteiger partial charge is 0.221 e. The number of benzene rings is 2. The average Bonchev–Trinajstić information content (AvgIpc) is 3.40. The first-order valence-electron chi connectivity index (χ1n) is 9.24. The van der Waals surface area contributed by atoms with Crippen LogP contribution in [0.25, 0.3) is 0 Å². The van der Waals surface area contributed by atoms with Gasteiger partial charge in [-0.05, 0) is 49.7 Å². The number of hydrogen-bond donors (Lipinski definition) is 2. The van der Waals surface area contributed by atoms with E-state index in [1.165, 1.54) is 29.5 Å². The number of carbonyl (C=O) groups is 1. The van der Waals surface area contributed by atoms with E-state index in [1.54, 1.807) is 0 Å². The van der Waals surface area contributed by atoms with Gasteiger partial charge in [-0.25, -0.2) is 0 Å². The summed E-state index contributed by atoms with van der Waals surface area (Å²) in [6.07, 6.45) is 4.46. The van der Waals surface area contributed by atoms with Crippen molar-refractivity contribution in [2.75, 3.05) is 0 Å². The van der Waals surface area contributed by atoms with Crippen LogP contribution in [0.3, 0.4) is 0 Å². The molecular formula is C22H28N2O. The Balaban J connectivity index is 1.52. The summed E-state index contributed by atoms with van der Waals surface area (Å²) in [5.41, 5.74) is 9.93. The van der Waals surface area contributed by atoms with Gasteiger partial charge in [-0.15, -0.1) is 0 Å². The summed E-state index contributed by atoms with van der Waals surface area (Å²) in [7, 11) is 0. The first-order chi connectivity index (χ1) is 12.1. The van der Waals surface area contributed by atoms with E-state index in [-0.39, 0.29) is 18.0 Å². The van der Waals surface area contributed by atoms with Crippen LogP contribution in [0.15, 0.2) is 54.6 Å². The van der Waals surface area contributed by atoms with Crippen LogP contribution in [-0.4, -0.2) is 18.0 Å². The zero-order chi connectivity index (χ0) is 17.6. The quantitative estimate of drug-likeness (QED) is 0.776. The minimum atomic E-state index is -0.138. The Morgan fingerprint density at radius 3 is 2.48 bits per heavy atom. The highest BCUT2D eigenvalue weighted by molar-refractivity contribution is 5.77. The van der Waals surface area contributed by atoms with Crippen molar-refractivity contribution in [2.45, 2.75) is 51.1 Å². The molecule has 25 heavy (non-hydrogen) atoms. The van der Waals surface area contributed by atoms with Crippen molar-refractivity contribution >= 4 is 5.91 Å². The van der Waals surface area contributed by atoms with E-state index in [0.717, 1.165) is 12.8 Å². The van der Waals surface area contributed by atoms with Crippen LogP contribution in [0.2, 0.25) is 0 Å². The molecule has 3 heteroatoms. The SMILES string of the molecule is Cc1cccc(CC(NC(=O)CC(N)Cc2ccccc2)C2CC2)c1. The highest BCUT2D eigenvalue weighted by Crippen LogP contribution is 2.34. The molecule has 1 aliphatic rings. The molecule has 0 spiro atoms. The fourth-order valence-corrected chi connectivity index (χ4v) is 3.42. The Kier molecular flexibility index (Phi) is 5.87. The van der Waals surface area contributed by atoms with Crippen molar-refractivity contribution in [2.24, 2.45) is 11.7 Å². The molecule has 0 aromatic heterocycles. The second kappa shape index (κ2) is 8.30. The Labute approximate surface area is 150 Å². The van der Waals surface area contributed by atoms with E-state index in [9.17, 15) is 4.79 Å². The third-order valence-corrected chi connectivity index (χ3v) is 4.86. The van der Waals surface area contributed by atoms with Gasteiger partial charge in [-0.1, -0.05) is 60.2 Å². The van der Waals surface area contributed by atoms with Gasteiger partial charge in [0.25, 0.3) is 0 Å². The molecule has 1 fully saturated rings. The first-order valence-corrected chi connectivity index (χ1v) is 9.24. The Morgan fingerprint density at radius 1 is 1.08 bits per heavy atom. The van der Waals surface area contributed by atoms with Crippen LogP contribution >= 0.6 is 0 Å². The zero-order valence-electron chi connectivity index (χ0n) is 14.9. The van der Waals surface area contributed by atoms with Gasteiger partial charge in [0.2, 0.25) is 5.91 Å². The molecule has 2 unspecified atom stereocenters. The van der Waals surface area contributed by atoms with Crippen molar-refractivity contribution in [3.8, 4) is 0 Å². The molecule has 3 N–H and O–H groups in total. The van der Waals surface area contributed by atoms with Gasteiger partial charge in [0.15, 0.2) is 0 Å². The Hall–Kier alpha value is -2.13. The molecule has 1 aliphatic carbocycles. The van der Waals surface area contributed by atoms with Crippen molar-refractivity contribution in [3.63, 3.8) is 0 Å². The Morgan fingerprint density at radius 2 is 1.80 bits per heavy atom. The number of hydrogen-bond acceptors (Lipinski definition) is 2. The first kappa shape index (κ1) is 17.7. The van der Waals surface area contributed by atoms with Crippen molar-refractivity contribution in [1.29, 1.82) is 0 Å². The zero-order valence-corrected chi connectivity index (χ0v) is 14.9. The van der Waals surface area contributed by atoms with Crippen molar-refractivity contribution in [3.05, 3.63) is 71.3 Å². The van der Waals surface area contributed by atoms with Gasteiger partial charge in [-0.3, -0.25) is 4.79 Å². The predicted octanol–water partition coefficient (Wildman–Crippen LogP) is 3.39. The summed E-state index contributed by atoms with van der Waals surface area (Å²) in [6.45, 7) is 2.11. The number of amides is 1. The number of nitrogens with one attached hydrogen (secondary N) is 1. The van der Waals surface area contributed by atoms with E-state index < -0.39 is 0 Å². The summed E-state index contributed by atoms with van der Waals surface area (Å²) >= 11 is 0.